The Bertz CT molecular complexity index is 962. The van der Waals surface area contributed by atoms with E-state index in [4.69, 9.17) is 4.74 Å². The Labute approximate surface area is 191 Å². The fraction of sp³-hybridized carbons (Fsp3) is 0.500. The number of fused-ring (bicyclic) bond motifs is 1. The number of hydrogen-bond acceptors (Lipinski definition) is 4. The molecule has 4 nitrogen and oxygen atoms in total. The Morgan fingerprint density at radius 1 is 1.06 bits per heavy atom. The van der Waals surface area contributed by atoms with E-state index in [-0.39, 0.29) is 17.0 Å². The molecular weight excluding hydrogens is 398 g/mol. The van der Waals surface area contributed by atoms with Crippen LogP contribution in [0.15, 0.2) is 42.5 Å². The molecule has 170 valence electrons. The minimum absolute atomic E-state index is 0.0329. The van der Waals surface area contributed by atoms with Crippen molar-refractivity contribution in [1.82, 2.24) is 5.32 Å². The van der Waals surface area contributed by atoms with Crippen molar-refractivity contribution in [3.63, 3.8) is 0 Å². The van der Waals surface area contributed by atoms with Gasteiger partial charge in [-0.25, -0.2) is 0 Å². The van der Waals surface area contributed by atoms with Gasteiger partial charge in [0, 0.05) is 24.0 Å². The fourth-order valence-corrected chi connectivity index (χ4v) is 5.33. The third kappa shape index (κ3) is 4.38. The van der Waals surface area contributed by atoms with Crippen LogP contribution in [0.5, 0.6) is 5.75 Å². The van der Waals surface area contributed by atoms with Crippen LogP contribution in [0.3, 0.4) is 0 Å². The number of ether oxygens (including phenoxy) is 1. The molecule has 2 aliphatic heterocycles. The van der Waals surface area contributed by atoms with Crippen LogP contribution in [0, 0.1) is 5.92 Å². The molecule has 2 aromatic carbocycles. The highest BCUT2D eigenvalue weighted by molar-refractivity contribution is 6.04. The minimum atomic E-state index is -0.329. The number of rotatable bonds is 9. The van der Waals surface area contributed by atoms with Crippen LogP contribution < -0.4 is 10.1 Å². The predicted molar refractivity (Wildman–Crippen MR) is 128 cm³/mol. The summed E-state index contributed by atoms with van der Waals surface area (Å²) in [5.74, 6) is 1.57. The Balaban J connectivity index is 1.64. The number of carbonyl (C=O) groups excluding carboxylic acids is 2. The molecule has 2 aromatic rings. The van der Waals surface area contributed by atoms with E-state index in [2.05, 4.69) is 24.4 Å². The average Bonchev–Trinajstić information content (AvgIpc) is 3.24. The lowest BCUT2D eigenvalue weighted by atomic mass is 9.73. The van der Waals surface area contributed by atoms with Crippen molar-refractivity contribution in [3.05, 3.63) is 64.7 Å². The lowest BCUT2D eigenvalue weighted by Gasteiger charge is -2.27. The van der Waals surface area contributed by atoms with Gasteiger partial charge in [0.25, 0.3) is 0 Å². The first-order valence-corrected chi connectivity index (χ1v) is 12.2. The molecule has 2 aliphatic rings. The number of hydrogen-bond donors (Lipinski definition) is 1. The van der Waals surface area contributed by atoms with Crippen molar-refractivity contribution in [2.75, 3.05) is 19.7 Å². The topological polar surface area (TPSA) is 55.4 Å². The van der Waals surface area contributed by atoms with Crippen LogP contribution in [-0.4, -0.2) is 31.3 Å². The third-order valence-electron chi connectivity index (χ3n) is 7.42. The second-order valence-corrected chi connectivity index (χ2v) is 9.28. The largest absolute Gasteiger partial charge is 0.491 e. The van der Waals surface area contributed by atoms with Crippen molar-refractivity contribution >= 4 is 11.6 Å². The van der Waals surface area contributed by atoms with Gasteiger partial charge < -0.3 is 10.1 Å². The molecule has 0 radical (unpaired) electrons. The molecule has 1 atom stereocenters. The first-order chi connectivity index (χ1) is 15.6. The number of benzene rings is 2. The van der Waals surface area contributed by atoms with Gasteiger partial charge in [-0.15, -0.1) is 0 Å². The first-order valence-electron chi connectivity index (χ1n) is 12.2. The van der Waals surface area contributed by atoms with Crippen LogP contribution in [0.1, 0.15) is 90.6 Å². The van der Waals surface area contributed by atoms with Crippen molar-refractivity contribution in [1.29, 1.82) is 0 Å². The van der Waals surface area contributed by atoms with E-state index in [1.54, 1.807) is 6.07 Å². The van der Waals surface area contributed by atoms with Gasteiger partial charge in [0.15, 0.2) is 11.6 Å². The highest BCUT2D eigenvalue weighted by Crippen LogP contribution is 2.48. The van der Waals surface area contributed by atoms with E-state index < -0.39 is 0 Å². The maximum Gasteiger partial charge on any atom is 0.166 e. The molecule has 2 heterocycles. The zero-order valence-corrected chi connectivity index (χ0v) is 19.4. The Morgan fingerprint density at radius 3 is 2.50 bits per heavy atom. The quantitative estimate of drug-likeness (QED) is 0.514. The normalized spacial score (nSPS) is 20.6. The number of ketones is 2. The van der Waals surface area contributed by atoms with Gasteiger partial charge in [-0.3, -0.25) is 9.59 Å². The number of carbonyl (C=O) groups is 2. The van der Waals surface area contributed by atoms with Crippen molar-refractivity contribution in [2.45, 2.75) is 64.2 Å². The minimum Gasteiger partial charge on any atom is -0.491 e. The first kappa shape index (κ1) is 22.7. The van der Waals surface area contributed by atoms with Gasteiger partial charge >= 0.3 is 0 Å². The van der Waals surface area contributed by atoms with Crippen LogP contribution in [0.4, 0.5) is 0 Å². The van der Waals surface area contributed by atoms with Gasteiger partial charge in [-0.2, -0.15) is 0 Å². The summed E-state index contributed by atoms with van der Waals surface area (Å²) in [4.78, 5) is 26.0. The molecule has 0 bridgehead atoms. The highest BCUT2D eigenvalue weighted by Gasteiger charge is 2.43. The van der Waals surface area contributed by atoms with Crippen molar-refractivity contribution in [3.8, 4) is 5.75 Å². The fourth-order valence-electron chi connectivity index (χ4n) is 5.33. The van der Waals surface area contributed by atoms with Gasteiger partial charge in [0.2, 0.25) is 0 Å². The Morgan fingerprint density at radius 2 is 1.81 bits per heavy atom. The molecule has 32 heavy (non-hydrogen) atoms. The number of piperidine rings is 1. The average molecular weight is 434 g/mol. The van der Waals surface area contributed by atoms with Gasteiger partial charge in [0.1, 0.15) is 12.4 Å². The summed E-state index contributed by atoms with van der Waals surface area (Å²) in [6.07, 6.45) is 6.20. The summed E-state index contributed by atoms with van der Waals surface area (Å²) in [5, 5.41) is 3.40. The molecule has 4 heteroatoms. The SMILES string of the molecule is CCC(=O)c1cc(C(=O)CCCC2CCNCC2)cc2c1OCC2(CC)c1ccccc1. The summed E-state index contributed by atoms with van der Waals surface area (Å²) in [6, 6.07) is 14.1. The third-order valence-corrected chi connectivity index (χ3v) is 7.42. The Kier molecular flexibility index (Phi) is 7.10. The lowest BCUT2D eigenvalue weighted by Crippen LogP contribution is -2.28. The molecular formula is C28H35NO3. The predicted octanol–water partition coefficient (Wildman–Crippen LogP) is 5.72. The second-order valence-electron chi connectivity index (χ2n) is 9.28. The molecule has 1 fully saturated rings. The van der Waals surface area contributed by atoms with Gasteiger partial charge in [-0.1, -0.05) is 44.2 Å². The van der Waals surface area contributed by atoms with E-state index in [0.717, 1.165) is 43.8 Å². The van der Waals surface area contributed by atoms with Crippen LogP contribution >= 0.6 is 0 Å². The van der Waals surface area contributed by atoms with E-state index in [9.17, 15) is 9.59 Å². The van der Waals surface area contributed by atoms with Crippen LogP contribution in [0.2, 0.25) is 0 Å². The van der Waals surface area contributed by atoms with Crippen molar-refractivity contribution < 1.29 is 14.3 Å². The molecule has 4 rings (SSSR count). The van der Waals surface area contributed by atoms with E-state index >= 15 is 0 Å². The zero-order valence-electron chi connectivity index (χ0n) is 19.4. The van der Waals surface area contributed by atoms with Gasteiger partial charge in [0.05, 0.1) is 11.0 Å². The molecule has 1 unspecified atom stereocenters. The molecule has 0 amide bonds. The summed E-state index contributed by atoms with van der Waals surface area (Å²) in [5.41, 5.74) is 3.06. The standard InChI is InChI=1S/C28H35NO3/c1-3-25(30)23-17-21(26(31)12-8-9-20-13-15-29-16-14-20)18-24-27(23)32-19-28(24,4-2)22-10-6-5-7-11-22/h5-7,10-11,17-18,20,29H,3-4,8-9,12-16,19H2,1-2H3. The molecule has 0 spiro atoms. The number of Topliss-reactive ketones (excluding diaryl/α,β-unsaturated/α-hetero) is 2. The van der Waals surface area contributed by atoms with E-state index in [1.165, 1.54) is 18.4 Å². The molecule has 1 N–H and O–H groups in total. The summed E-state index contributed by atoms with van der Waals surface area (Å²) >= 11 is 0. The molecule has 0 aromatic heterocycles. The smallest absolute Gasteiger partial charge is 0.166 e. The van der Waals surface area contributed by atoms with E-state index in [1.807, 2.05) is 31.2 Å². The van der Waals surface area contributed by atoms with Crippen LogP contribution in [-0.2, 0) is 5.41 Å². The lowest BCUT2D eigenvalue weighted by molar-refractivity contribution is 0.0976. The summed E-state index contributed by atoms with van der Waals surface area (Å²) < 4.78 is 6.17. The maximum absolute atomic E-state index is 13.2. The summed E-state index contributed by atoms with van der Waals surface area (Å²) in [6.45, 7) is 6.69. The molecule has 0 saturated carbocycles. The van der Waals surface area contributed by atoms with Crippen molar-refractivity contribution in [2.24, 2.45) is 5.92 Å². The van der Waals surface area contributed by atoms with Gasteiger partial charge in [-0.05, 0) is 68.8 Å². The van der Waals surface area contributed by atoms with E-state index in [0.29, 0.717) is 36.3 Å². The number of nitrogens with one attached hydrogen (secondary N) is 1. The zero-order chi connectivity index (χ0) is 22.6. The maximum atomic E-state index is 13.2. The van der Waals surface area contributed by atoms with Crippen LogP contribution in [0.25, 0.3) is 0 Å². The molecule has 0 aliphatic carbocycles. The summed E-state index contributed by atoms with van der Waals surface area (Å²) in [7, 11) is 0. The molecule has 1 saturated heterocycles. The highest BCUT2D eigenvalue weighted by atomic mass is 16.5. The monoisotopic (exact) mass is 433 g/mol. The second kappa shape index (κ2) is 9.99. The Hall–Kier alpha value is -2.46.